The van der Waals surface area contributed by atoms with E-state index in [1.54, 1.807) is 18.7 Å². The molecular formula is C22H38N4O11S3. The number of nitrogens with zero attached hydrogens (tertiary/aromatic N) is 3. The lowest BCUT2D eigenvalue weighted by atomic mass is 10.0. The topological polar surface area (TPSA) is 212 Å². The van der Waals surface area contributed by atoms with Crippen molar-refractivity contribution < 1.29 is 53.1 Å². The van der Waals surface area contributed by atoms with Crippen molar-refractivity contribution in [1.29, 1.82) is 0 Å². The Morgan fingerprint density at radius 3 is 2.17 bits per heavy atom. The Bertz CT molecular complexity index is 1050. The van der Waals surface area contributed by atoms with Crippen LogP contribution in [0.2, 0.25) is 0 Å². The molecule has 15 nitrogen and oxygen atoms in total. The highest BCUT2D eigenvalue weighted by Crippen LogP contribution is 2.45. The summed E-state index contributed by atoms with van der Waals surface area (Å²) in [5, 5.41) is 32.5. The van der Waals surface area contributed by atoms with Gasteiger partial charge in [0.05, 0.1) is 35.3 Å². The number of hydrogen-bond donors (Lipinski definition) is 5. The van der Waals surface area contributed by atoms with Crippen molar-refractivity contribution in [3.8, 4) is 0 Å². The van der Waals surface area contributed by atoms with Crippen LogP contribution in [0.1, 0.15) is 83.2 Å². The normalized spacial score (nSPS) is 19.0. The first-order chi connectivity index (χ1) is 18.9. The fourth-order valence-electron chi connectivity index (χ4n) is 4.29. The molecule has 1 aliphatic heterocycles. The van der Waals surface area contributed by atoms with Crippen molar-refractivity contribution in [2.45, 2.75) is 91.3 Å². The quantitative estimate of drug-likeness (QED) is 0.0897. The van der Waals surface area contributed by atoms with Crippen LogP contribution in [0.4, 0.5) is 0 Å². The lowest BCUT2D eigenvalue weighted by molar-refractivity contribution is -0.492. The maximum absolute atomic E-state index is 13.1. The summed E-state index contributed by atoms with van der Waals surface area (Å²) in [6.07, 6.45) is 3.58. The van der Waals surface area contributed by atoms with Crippen molar-refractivity contribution in [2.24, 2.45) is 0 Å². The molecule has 0 saturated carbocycles. The minimum absolute atomic E-state index is 0.0513. The number of rotatable bonds is 18. The molecule has 2 amide bonds. The van der Waals surface area contributed by atoms with Gasteiger partial charge in [0, 0.05) is 31.0 Å². The zero-order valence-corrected chi connectivity index (χ0v) is 24.9. The van der Waals surface area contributed by atoms with E-state index in [0.717, 1.165) is 11.3 Å². The molecule has 0 aliphatic carbocycles. The summed E-state index contributed by atoms with van der Waals surface area (Å²) in [6, 6.07) is 0.973. The van der Waals surface area contributed by atoms with Crippen LogP contribution < -0.4 is 4.72 Å². The van der Waals surface area contributed by atoms with Crippen molar-refractivity contribution in [2.75, 3.05) is 19.8 Å². The predicted molar refractivity (Wildman–Crippen MR) is 140 cm³/mol. The molecule has 1 aromatic heterocycles. The molecule has 40 heavy (non-hydrogen) atoms. The van der Waals surface area contributed by atoms with Crippen LogP contribution in [-0.2, 0) is 40.5 Å². The summed E-state index contributed by atoms with van der Waals surface area (Å²) >= 11 is -1.15. The Morgan fingerprint density at radius 1 is 1.05 bits per heavy atom. The SMILES string of the molecule is CCN(C(=O)CCCCCON(O)O)[C@H]1CC(C)S(=O)(=O)c2sc([S+]([O-])NC(=O)CCCCCON(O)O)cc21. The number of unbranched alkanes of at least 4 members (excludes halogenated alkanes) is 4. The summed E-state index contributed by atoms with van der Waals surface area (Å²) in [5.41, 5.74) is 0.400. The molecule has 2 rings (SSSR count). The smallest absolute Gasteiger partial charge is 0.261 e. The van der Waals surface area contributed by atoms with Gasteiger partial charge in [-0.25, -0.2) is 8.42 Å². The maximum Gasteiger partial charge on any atom is 0.261 e. The van der Waals surface area contributed by atoms with E-state index < -0.39 is 38.4 Å². The molecule has 0 radical (unpaired) electrons. The summed E-state index contributed by atoms with van der Waals surface area (Å²) in [6.45, 7) is 3.85. The number of carbonyl (C=O) groups is 2. The van der Waals surface area contributed by atoms with E-state index in [4.69, 9.17) is 20.8 Å². The molecule has 18 heteroatoms. The molecule has 3 atom stereocenters. The fourth-order valence-corrected chi connectivity index (χ4v) is 9.00. The molecule has 1 aliphatic rings. The first-order valence-corrected chi connectivity index (χ1v) is 16.4. The van der Waals surface area contributed by atoms with Crippen molar-refractivity contribution >= 4 is 44.4 Å². The molecule has 5 N–H and O–H groups in total. The van der Waals surface area contributed by atoms with Crippen LogP contribution in [0.5, 0.6) is 0 Å². The minimum Gasteiger partial charge on any atom is -0.587 e. The van der Waals surface area contributed by atoms with Gasteiger partial charge in [0.25, 0.3) is 5.91 Å². The summed E-state index contributed by atoms with van der Waals surface area (Å²) in [5.74, 6) is -0.638. The van der Waals surface area contributed by atoms with Crippen molar-refractivity contribution in [1.82, 2.24) is 20.4 Å². The molecule has 0 fully saturated rings. The van der Waals surface area contributed by atoms with Crippen molar-refractivity contribution in [3.63, 3.8) is 0 Å². The zero-order valence-electron chi connectivity index (χ0n) is 22.4. The third-order valence-electron chi connectivity index (χ3n) is 6.33. The Kier molecular flexibility index (Phi) is 14.7. The van der Waals surface area contributed by atoms with E-state index in [9.17, 15) is 22.6 Å². The highest BCUT2D eigenvalue weighted by Gasteiger charge is 2.43. The Hall–Kier alpha value is -1.42. The number of hydrogen-bond acceptors (Lipinski definition) is 14. The molecule has 2 unspecified atom stereocenters. The third kappa shape index (κ3) is 10.4. The van der Waals surface area contributed by atoms with E-state index in [1.807, 2.05) is 0 Å². The second kappa shape index (κ2) is 16.9. The van der Waals surface area contributed by atoms with Gasteiger partial charge in [-0.15, -0.1) is 0 Å². The lowest BCUT2D eigenvalue weighted by Gasteiger charge is -2.36. The van der Waals surface area contributed by atoms with Gasteiger partial charge in [0.2, 0.25) is 10.1 Å². The van der Waals surface area contributed by atoms with E-state index in [0.29, 0.717) is 50.6 Å². The molecule has 2 heterocycles. The minimum atomic E-state index is -3.70. The number of amides is 2. The summed E-state index contributed by atoms with van der Waals surface area (Å²) in [7, 11) is -3.70. The molecule has 230 valence electrons. The first-order valence-electron chi connectivity index (χ1n) is 12.9. The van der Waals surface area contributed by atoms with Crippen LogP contribution in [0, 0.1) is 0 Å². The van der Waals surface area contributed by atoms with E-state index >= 15 is 0 Å². The fraction of sp³-hybridized carbons (Fsp3) is 0.727. The van der Waals surface area contributed by atoms with Crippen LogP contribution in [-0.4, -0.2) is 86.3 Å². The second-order valence-corrected chi connectivity index (χ2v) is 14.2. The van der Waals surface area contributed by atoms with E-state index in [-0.39, 0.29) is 57.6 Å². The van der Waals surface area contributed by atoms with Gasteiger partial charge in [-0.05, 0) is 46.0 Å². The van der Waals surface area contributed by atoms with Crippen LogP contribution in [0.15, 0.2) is 14.5 Å². The maximum atomic E-state index is 13.1. The van der Waals surface area contributed by atoms with Crippen LogP contribution in [0.25, 0.3) is 0 Å². The Labute approximate surface area is 240 Å². The van der Waals surface area contributed by atoms with E-state index in [1.165, 1.54) is 6.07 Å². The van der Waals surface area contributed by atoms with Crippen LogP contribution in [0.3, 0.4) is 0 Å². The molecule has 1 aromatic rings. The third-order valence-corrected chi connectivity index (χ3v) is 11.6. The summed E-state index contributed by atoms with van der Waals surface area (Å²) in [4.78, 5) is 35.9. The van der Waals surface area contributed by atoms with E-state index in [2.05, 4.69) is 14.4 Å². The predicted octanol–water partition coefficient (Wildman–Crippen LogP) is 2.49. The van der Waals surface area contributed by atoms with Gasteiger partial charge >= 0.3 is 0 Å². The second-order valence-electron chi connectivity index (χ2n) is 9.18. The average Bonchev–Trinajstić information content (AvgIpc) is 3.34. The molecular weight excluding hydrogens is 592 g/mol. The number of carbonyl (C=O) groups excluding carboxylic acids is 2. The number of sulfone groups is 1. The number of thiophene rings is 1. The standard InChI is InChI=1S/C22H38N4O11S3/c1-3-24(20(28)11-7-5-9-13-37-26(31)32)18-14-16(2)40(34,35)22-17(18)15-21(38-22)39(33)23-19(27)10-6-4-8-12-36-25(29)30/h15-16,18,29-32H,3-14H2,1-2H3,(H,23,27)/t16?,18-,39?/m0/s1. The van der Waals surface area contributed by atoms with Gasteiger partial charge in [-0.3, -0.25) is 40.1 Å². The Balaban J connectivity index is 2.04. The van der Waals surface area contributed by atoms with Crippen molar-refractivity contribution in [3.05, 3.63) is 11.6 Å². The van der Waals surface area contributed by atoms with Gasteiger partial charge in [-0.2, -0.15) is 4.72 Å². The number of nitrogens with one attached hydrogen (secondary N) is 1. The number of fused-ring (bicyclic) bond motifs is 1. The highest BCUT2D eigenvalue weighted by molar-refractivity contribution is 7.95. The molecule has 0 aromatic carbocycles. The molecule has 0 saturated heterocycles. The monoisotopic (exact) mass is 630 g/mol. The van der Waals surface area contributed by atoms with Gasteiger partial charge in [-0.1, -0.05) is 24.2 Å². The van der Waals surface area contributed by atoms with Gasteiger partial charge in [0.15, 0.2) is 9.84 Å². The highest BCUT2D eigenvalue weighted by atomic mass is 32.3. The Morgan fingerprint density at radius 2 is 1.62 bits per heavy atom. The average molecular weight is 631 g/mol. The molecule has 0 bridgehead atoms. The zero-order chi connectivity index (χ0) is 29.9. The van der Waals surface area contributed by atoms with Gasteiger partial charge < -0.3 is 9.45 Å². The largest absolute Gasteiger partial charge is 0.587 e. The molecule has 0 spiro atoms. The van der Waals surface area contributed by atoms with Gasteiger partial charge in [0.1, 0.15) is 15.6 Å². The summed E-state index contributed by atoms with van der Waals surface area (Å²) < 4.78 is 41.7. The van der Waals surface area contributed by atoms with Crippen LogP contribution >= 0.6 is 11.3 Å². The first kappa shape index (κ1) is 34.8. The lowest BCUT2D eigenvalue weighted by Crippen LogP contribution is -2.40.